The predicted molar refractivity (Wildman–Crippen MR) is 74.7 cm³/mol. The number of amides is 1. The van der Waals surface area contributed by atoms with Crippen LogP contribution in [0.5, 0.6) is 0 Å². The maximum atomic E-state index is 13.0. The number of aliphatic hydroxyl groups is 1. The van der Waals surface area contributed by atoms with Crippen LogP contribution in [-0.4, -0.2) is 11.0 Å². The molecule has 0 aliphatic heterocycles. The van der Waals surface area contributed by atoms with Gasteiger partial charge < -0.3 is 10.4 Å². The Morgan fingerprint density at radius 3 is 2.40 bits per heavy atom. The van der Waals surface area contributed by atoms with Crippen LogP contribution in [0.1, 0.15) is 27.0 Å². The Bertz CT molecular complexity index is 608. The van der Waals surface area contributed by atoms with Crippen LogP contribution in [0.25, 0.3) is 0 Å². The first-order valence-electron chi connectivity index (χ1n) is 6.33. The van der Waals surface area contributed by atoms with E-state index < -0.39 is 0 Å². The zero-order valence-corrected chi connectivity index (χ0v) is 11.2. The third-order valence-electron chi connectivity index (χ3n) is 3.09. The van der Waals surface area contributed by atoms with Crippen LogP contribution in [0, 0.1) is 12.7 Å². The van der Waals surface area contributed by atoms with Crippen LogP contribution in [0.2, 0.25) is 0 Å². The summed E-state index contributed by atoms with van der Waals surface area (Å²) in [6.07, 6.45) is 0. The molecule has 2 aromatic rings. The summed E-state index contributed by atoms with van der Waals surface area (Å²) in [5, 5.41) is 11.7. The first-order valence-corrected chi connectivity index (χ1v) is 6.33. The highest BCUT2D eigenvalue weighted by Gasteiger charge is 2.09. The molecule has 0 unspecified atom stereocenters. The zero-order valence-electron chi connectivity index (χ0n) is 11.2. The van der Waals surface area contributed by atoms with Crippen molar-refractivity contribution in [1.29, 1.82) is 0 Å². The summed E-state index contributed by atoms with van der Waals surface area (Å²) in [5.41, 5.74) is 2.85. The number of benzene rings is 2. The molecule has 0 radical (unpaired) electrons. The monoisotopic (exact) mass is 273 g/mol. The minimum Gasteiger partial charge on any atom is -0.392 e. The Morgan fingerprint density at radius 2 is 1.80 bits per heavy atom. The molecule has 0 saturated carbocycles. The van der Waals surface area contributed by atoms with Crippen molar-refractivity contribution in [2.45, 2.75) is 20.1 Å². The fraction of sp³-hybridized carbons (Fsp3) is 0.188. The van der Waals surface area contributed by atoms with Gasteiger partial charge in [-0.1, -0.05) is 24.3 Å². The van der Waals surface area contributed by atoms with Gasteiger partial charge in [-0.15, -0.1) is 0 Å². The molecule has 4 heteroatoms. The number of carbonyl (C=O) groups is 1. The Morgan fingerprint density at radius 1 is 1.15 bits per heavy atom. The Kier molecular flexibility index (Phi) is 4.48. The quantitative estimate of drug-likeness (QED) is 0.899. The molecule has 0 saturated heterocycles. The number of aliphatic hydroxyl groups excluding tert-OH is 1. The van der Waals surface area contributed by atoms with Gasteiger partial charge in [0, 0.05) is 12.1 Å². The average molecular weight is 273 g/mol. The molecule has 0 aliphatic carbocycles. The fourth-order valence-electron chi connectivity index (χ4n) is 1.92. The maximum Gasteiger partial charge on any atom is 0.251 e. The van der Waals surface area contributed by atoms with Gasteiger partial charge in [-0.25, -0.2) is 4.39 Å². The van der Waals surface area contributed by atoms with Crippen molar-refractivity contribution in [3.05, 3.63) is 70.5 Å². The summed E-state index contributed by atoms with van der Waals surface area (Å²) < 4.78 is 13.0. The summed E-state index contributed by atoms with van der Waals surface area (Å²) in [7, 11) is 0. The van der Waals surface area contributed by atoms with Gasteiger partial charge in [-0.3, -0.25) is 4.79 Å². The van der Waals surface area contributed by atoms with Crippen molar-refractivity contribution in [3.63, 3.8) is 0 Å². The van der Waals surface area contributed by atoms with Crippen LogP contribution in [0.4, 0.5) is 4.39 Å². The van der Waals surface area contributed by atoms with Gasteiger partial charge in [0.05, 0.1) is 6.61 Å². The number of carbonyl (C=O) groups excluding carboxylic acids is 1. The number of hydrogen-bond acceptors (Lipinski definition) is 2. The average Bonchev–Trinajstić information content (AvgIpc) is 2.45. The molecule has 0 aliphatic rings. The van der Waals surface area contributed by atoms with E-state index in [0.29, 0.717) is 17.7 Å². The third kappa shape index (κ3) is 3.42. The molecule has 2 N–H and O–H groups in total. The highest BCUT2D eigenvalue weighted by molar-refractivity contribution is 5.95. The van der Waals surface area contributed by atoms with E-state index in [-0.39, 0.29) is 18.3 Å². The zero-order chi connectivity index (χ0) is 14.5. The molecule has 0 heterocycles. The highest BCUT2D eigenvalue weighted by Crippen LogP contribution is 2.10. The molecule has 1 amide bonds. The molecule has 0 bridgehead atoms. The molecule has 0 fully saturated rings. The lowest BCUT2D eigenvalue weighted by Crippen LogP contribution is -2.23. The number of nitrogens with one attached hydrogen (secondary N) is 1. The topological polar surface area (TPSA) is 49.3 Å². The lowest BCUT2D eigenvalue weighted by atomic mass is 10.1. The van der Waals surface area contributed by atoms with Gasteiger partial charge in [0.2, 0.25) is 0 Å². The predicted octanol–water partition coefficient (Wildman–Crippen LogP) is 2.56. The summed E-state index contributed by atoms with van der Waals surface area (Å²) in [6.45, 7) is 2.09. The summed E-state index contributed by atoms with van der Waals surface area (Å²) in [4.78, 5) is 12.0. The van der Waals surface area contributed by atoms with E-state index in [2.05, 4.69) is 5.32 Å². The number of aryl methyl sites for hydroxylation is 1. The second-order valence-corrected chi connectivity index (χ2v) is 4.62. The Hall–Kier alpha value is -2.20. The Labute approximate surface area is 117 Å². The smallest absolute Gasteiger partial charge is 0.251 e. The number of rotatable bonds is 4. The third-order valence-corrected chi connectivity index (χ3v) is 3.09. The lowest BCUT2D eigenvalue weighted by molar-refractivity contribution is 0.0950. The van der Waals surface area contributed by atoms with E-state index in [0.717, 1.165) is 11.1 Å². The largest absolute Gasteiger partial charge is 0.392 e. The van der Waals surface area contributed by atoms with Crippen LogP contribution >= 0.6 is 0 Å². The molecular weight excluding hydrogens is 257 g/mol. The van der Waals surface area contributed by atoms with Gasteiger partial charge in [0.25, 0.3) is 5.91 Å². The molecule has 0 spiro atoms. The van der Waals surface area contributed by atoms with Gasteiger partial charge in [-0.2, -0.15) is 0 Å². The highest BCUT2D eigenvalue weighted by atomic mass is 19.1. The summed E-state index contributed by atoms with van der Waals surface area (Å²) in [6, 6.07) is 11.4. The van der Waals surface area contributed by atoms with E-state index in [9.17, 15) is 9.18 Å². The number of halogens is 1. The molecule has 3 nitrogen and oxygen atoms in total. The molecular formula is C16H16FNO2. The van der Waals surface area contributed by atoms with Crippen LogP contribution in [-0.2, 0) is 13.2 Å². The molecule has 0 aromatic heterocycles. The first-order chi connectivity index (χ1) is 9.60. The summed E-state index contributed by atoms with van der Waals surface area (Å²) >= 11 is 0. The maximum absolute atomic E-state index is 13.0. The molecule has 2 aromatic carbocycles. The van der Waals surface area contributed by atoms with E-state index >= 15 is 0 Å². The van der Waals surface area contributed by atoms with Crippen molar-refractivity contribution in [3.8, 4) is 0 Å². The Balaban J connectivity index is 2.00. The standard InChI is InChI=1S/C16H16FNO2/c1-11-8-14(17)6-7-15(11)16(20)18-9-12-2-4-13(10-19)5-3-12/h2-8,19H,9-10H2,1H3,(H,18,20). The minimum absolute atomic E-state index is 0.00140. The molecule has 20 heavy (non-hydrogen) atoms. The van der Waals surface area contributed by atoms with E-state index in [4.69, 9.17) is 5.11 Å². The van der Waals surface area contributed by atoms with Crippen LogP contribution in [0.3, 0.4) is 0 Å². The van der Waals surface area contributed by atoms with Crippen molar-refractivity contribution >= 4 is 5.91 Å². The van der Waals surface area contributed by atoms with Crippen LogP contribution in [0.15, 0.2) is 42.5 Å². The number of hydrogen-bond donors (Lipinski definition) is 2. The van der Waals surface area contributed by atoms with Crippen LogP contribution < -0.4 is 5.32 Å². The molecule has 104 valence electrons. The van der Waals surface area contributed by atoms with Gasteiger partial charge in [0.1, 0.15) is 5.82 Å². The second-order valence-electron chi connectivity index (χ2n) is 4.62. The van der Waals surface area contributed by atoms with E-state index in [1.54, 1.807) is 6.92 Å². The van der Waals surface area contributed by atoms with E-state index in [1.807, 2.05) is 24.3 Å². The lowest BCUT2D eigenvalue weighted by Gasteiger charge is -2.08. The second kappa shape index (κ2) is 6.30. The van der Waals surface area contributed by atoms with Crippen molar-refractivity contribution in [2.24, 2.45) is 0 Å². The fourth-order valence-corrected chi connectivity index (χ4v) is 1.92. The van der Waals surface area contributed by atoms with Gasteiger partial charge in [-0.05, 0) is 41.8 Å². The van der Waals surface area contributed by atoms with Crippen molar-refractivity contribution in [2.75, 3.05) is 0 Å². The normalized spacial score (nSPS) is 10.3. The molecule has 0 atom stereocenters. The minimum atomic E-state index is -0.348. The van der Waals surface area contributed by atoms with Gasteiger partial charge in [0.15, 0.2) is 0 Å². The van der Waals surface area contributed by atoms with Gasteiger partial charge >= 0.3 is 0 Å². The van der Waals surface area contributed by atoms with Crippen molar-refractivity contribution < 1.29 is 14.3 Å². The molecule has 2 rings (SSSR count). The van der Waals surface area contributed by atoms with E-state index in [1.165, 1.54) is 18.2 Å². The van der Waals surface area contributed by atoms with Crippen molar-refractivity contribution in [1.82, 2.24) is 5.32 Å². The SMILES string of the molecule is Cc1cc(F)ccc1C(=O)NCc1ccc(CO)cc1. The first kappa shape index (κ1) is 14.2. The summed E-state index contributed by atoms with van der Waals surface area (Å²) in [5.74, 6) is -0.577.